The van der Waals surface area contributed by atoms with Gasteiger partial charge in [0.15, 0.2) is 5.78 Å². The van der Waals surface area contributed by atoms with Gasteiger partial charge in [0, 0.05) is 12.1 Å². The van der Waals surface area contributed by atoms with E-state index in [1.807, 2.05) is 12.1 Å². The van der Waals surface area contributed by atoms with Crippen molar-refractivity contribution in [2.45, 2.75) is 64.2 Å². The lowest BCUT2D eigenvalue weighted by atomic mass is 9.77. The standard InChI is InChI=1S/C31H34O6/c1-2-3-4-5-20-6-8-21(9-7-20)22-10-12-23(13-11-22)31(36)37-25-15-17-27(29(34)19-25)30(35)26-16-14-24(32)18-28(26)33/h10-21,32-34H,2-9H2,1H3/t20-,21-. The maximum atomic E-state index is 12.7. The highest BCUT2D eigenvalue weighted by Gasteiger charge is 2.23. The molecule has 3 aromatic carbocycles. The molecule has 0 atom stereocenters. The van der Waals surface area contributed by atoms with Crippen molar-refractivity contribution in [2.75, 3.05) is 0 Å². The first-order valence-electron chi connectivity index (χ1n) is 13.1. The zero-order valence-electron chi connectivity index (χ0n) is 21.2. The molecule has 1 aliphatic rings. The number of ether oxygens (including phenoxy) is 1. The number of carbonyl (C=O) groups excluding carboxylic acids is 2. The second kappa shape index (κ2) is 12.0. The van der Waals surface area contributed by atoms with Crippen molar-refractivity contribution < 1.29 is 29.6 Å². The third-order valence-corrected chi connectivity index (χ3v) is 7.33. The predicted molar refractivity (Wildman–Crippen MR) is 142 cm³/mol. The van der Waals surface area contributed by atoms with Crippen LogP contribution in [0, 0.1) is 5.92 Å². The van der Waals surface area contributed by atoms with Gasteiger partial charge in [-0.05, 0) is 79.5 Å². The molecule has 6 nitrogen and oxygen atoms in total. The molecule has 3 aromatic rings. The third kappa shape index (κ3) is 6.50. The Hall–Kier alpha value is -3.80. The predicted octanol–water partition coefficient (Wildman–Crippen LogP) is 7.11. The van der Waals surface area contributed by atoms with Crippen molar-refractivity contribution in [2.24, 2.45) is 5.92 Å². The fourth-order valence-electron chi connectivity index (χ4n) is 5.15. The van der Waals surface area contributed by atoms with Gasteiger partial charge in [0.25, 0.3) is 0 Å². The molecular formula is C31H34O6. The summed E-state index contributed by atoms with van der Waals surface area (Å²) in [6.07, 6.45) is 10.2. The molecule has 0 heterocycles. The van der Waals surface area contributed by atoms with Gasteiger partial charge in [0.1, 0.15) is 23.0 Å². The molecule has 0 radical (unpaired) electrons. The van der Waals surface area contributed by atoms with Crippen molar-refractivity contribution in [3.8, 4) is 23.0 Å². The Bertz CT molecular complexity index is 1240. The fourth-order valence-corrected chi connectivity index (χ4v) is 5.15. The number of esters is 1. The second-order valence-electron chi connectivity index (χ2n) is 9.93. The Labute approximate surface area is 217 Å². The molecule has 0 aromatic heterocycles. The Morgan fingerprint density at radius 1 is 0.811 bits per heavy atom. The van der Waals surface area contributed by atoms with Gasteiger partial charge in [-0.3, -0.25) is 4.79 Å². The van der Waals surface area contributed by atoms with Gasteiger partial charge in [-0.15, -0.1) is 0 Å². The van der Waals surface area contributed by atoms with Crippen molar-refractivity contribution in [3.63, 3.8) is 0 Å². The number of hydrogen-bond acceptors (Lipinski definition) is 6. The van der Waals surface area contributed by atoms with Crippen LogP contribution in [0.2, 0.25) is 0 Å². The lowest BCUT2D eigenvalue weighted by Gasteiger charge is -2.29. The molecule has 194 valence electrons. The molecule has 0 amide bonds. The number of phenolic OH excluding ortho intramolecular Hbond substituents is 3. The maximum Gasteiger partial charge on any atom is 0.343 e. The first kappa shape index (κ1) is 26.3. The van der Waals surface area contributed by atoms with E-state index in [0.717, 1.165) is 12.0 Å². The van der Waals surface area contributed by atoms with E-state index in [1.54, 1.807) is 12.1 Å². The van der Waals surface area contributed by atoms with E-state index in [1.165, 1.54) is 87.3 Å². The van der Waals surface area contributed by atoms with Gasteiger partial charge >= 0.3 is 5.97 Å². The molecule has 0 bridgehead atoms. The Morgan fingerprint density at radius 2 is 1.46 bits per heavy atom. The first-order chi connectivity index (χ1) is 17.9. The lowest BCUT2D eigenvalue weighted by Crippen LogP contribution is -2.14. The largest absolute Gasteiger partial charge is 0.508 e. The van der Waals surface area contributed by atoms with Crippen molar-refractivity contribution in [1.82, 2.24) is 0 Å². The topological polar surface area (TPSA) is 104 Å². The number of hydrogen-bond donors (Lipinski definition) is 3. The minimum absolute atomic E-state index is 0.0646. The van der Waals surface area contributed by atoms with Crippen LogP contribution in [-0.2, 0) is 0 Å². The van der Waals surface area contributed by atoms with Crippen molar-refractivity contribution >= 4 is 11.8 Å². The van der Waals surface area contributed by atoms with Crippen LogP contribution in [0.15, 0.2) is 60.7 Å². The van der Waals surface area contributed by atoms with Crippen LogP contribution in [0.5, 0.6) is 23.0 Å². The van der Waals surface area contributed by atoms with Crippen LogP contribution in [0.25, 0.3) is 0 Å². The van der Waals surface area contributed by atoms with Crippen LogP contribution in [0.3, 0.4) is 0 Å². The van der Waals surface area contributed by atoms with E-state index in [9.17, 15) is 24.9 Å². The van der Waals surface area contributed by atoms with E-state index in [0.29, 0.717) is 11.5 Å². The molecule has 0 spiro atoms. The van der Waals surface area contributed by atoms with Crippen LogP contribution < -0.4 is 4.74 Å². The van der Waals surface area contributed by atoms with Gasteiger partial charge in [-0.25, -0.2) is 4.79 Å². The summed E-state index contributed by atoms with van der Waals surface area (Å²) in [6.45, 7) is 2.24. The summed E-state index contributed by atoms with van der Waals surface area (Å²) in [7, 11) is 0. The summed E-state index contributed by atoms with van der Waals surface area (Å²) in [5, 5.41) is 29.7. The van der Waals surface area contributed by atoms with Crippen LogP contribution in [-0.4, -0.2) is 27.1 Å². The number of unbranched alkanes of at least 4 members (excludes halogenated alkanes) is 2. The average Bonchev–Trinajstić information content (AvgIpc) is 2.89. The molecule has 0 aliphatic heterocycles. The number of carbonyl (C=O) groups is 2. The number of phenols is 3. The average molecular weight is 503 g/mol. The van der Waals surface area contributed by atoms with Crippen LogP contribution in [0.1, 0.15) is 96.1 Å². The normalized spacial score (nSPS) is 17.3. The van der Waals surface area contributed by atoms with E-state index in [-0.39, 0.29) is 28.4 Å². The van der Waals surface area contributed by atoms with Gasteiger partial charge in [-0.1, -0.05) is 44.7 Å². The monoisotopic (exact) mass is 502 g/mol. The molecule has 0 unspecified atom stereocenters. The molecule has 1 fully saturated rings. The van der Waals surface area contributed by atoms with Gasteiger partial charge in [-0.2, -0.15) is 0 Å². The smallest absolute Gasteiger partial charge is 0.343 e. The molecule has 37 heavy (non-hydrogen) atoms. The zero-order valence-corrected chi connectivity index (χ0v) is 21.2. The second-order valence-corrected chi connectivity index (χ2v) is 9.93. The highest BCUT2D eigenvalue weighted by atomic mass is 16.5. The molecule has 4 rings (SSSR count). The Morgan fingerprint density at radius 3 is 2.08 bits per heavy atom. The first-order valence-corrected chi connectivity index (χ1v) is 13.1. The Balaban J connectivity index is 1.35. The molecule has 0 saturated heterocycles. The lowest BCUT2D eigenvalue weighted by molar-refractivity contribution is 0.0734. The maximum absolute atomic E-state index is 12.7. The quantitative estimate of drug-likeness (QED) is 0.125. The van der Waals surface area contributed by atoms with Gasteiger partial charge in [0.2, 0.25) is 0 Å². The van der Waals surface area contributed by atoms with E-state index >= 15 is 0 Å². The molecule has 1 saturated carbocycles. The summed E-state index contributed by atoms with van der Waals surface area (Å²) in [5.74, 6) is -0.672. The summed E-state index contributed by atoms with van der Waals surface area (Å²) < 4.78 is 5.41. The number of rotatable bonds is 9. The van der Waals surface area contributed by atoms with E-state index in [2.05, 4.69) is 6.92 Å². The van der Waals surface area contributed by atoms with Gasteiger partial charge in [0.05, 0.1) is 16.7 Å². The number of aromatic hydroxyl groups is 3. The van der Waals surface area contributed by atoms with Gasteiger partial charge < -0.3 is 20.1 Å². The SMILES string of the molecule is CCCCC[C@H]1CC[C@H](c2ccc(C(=O)Oc3ccc(C(=O)c4ccc(O)cc4O)c(O)c3)cc2)CC1. The van der Waals surface area contributed by atoms with Crippen molar-refractivity contribution in [3.05, 3.63) is 82.9 Å². The number of ketones is 1. The highest BCUT2D eigenvalue weighted by Crippen LogP contribution is 2.38. The zero-order chi connectivity index (χ0) is 26.4. The fraction of sp³-hybridized carbons (Fsp3) is 0.355. The highest BCUT2D eigenvalue weighted by molar-refractivity contribution is 6.12. The molecular weight excluding hydrogens is 468 g/mol. The third-order valence-electron chi connectivity index (χ3n) is 7.33. The summed E-state index contributed by atoms with van der Waals surface area (Å²) in [6, 6.07) is 15.1. The molecule has 6 heteroatoms. The molecule has 1 aliphatic carbocycles. The molecule has 3 N–H and O–H groups in total. The van der Waals surface area contributed by atoms with Crippen LogP contribution >= 0.6 is 0 Å². The summed E-state index contributed by atoms with van der Waals surface area (Å²) in [5.41, 5.74) is 1.53. The van der Waals surface area contributed by atoms with E-state index < -0.39 is 17.5 Å². The minimum atomic E-state index is -0.626. The van der Waals surface area contributed by atoms with Crippen molar-refractivity contribution in [1.29, 1.82) is 0 Å². The number of benzene rings is 3. The Kier molecular flexibility index (Phi) is 8.49. The summed E-state index contributed by atoms with van der Waals surface area (Å²) in [4.78, 5) is 25.4. The minimum Gasteiger partial charge on any atom is -0.508 e. The van der Waals surface area contributed by atoms with E-state index in [4.69, 9.17) is 4.74 Å². The summed E-state index contributed by atoms with van der Waals surface area (Å²) >= 11 is 0. The van der Waals surface area contributed by atoms with Crippen LogP contribution in [0.4, 0.5) is 0 Å².